The largest absolute Gasteiger partial charge is 0.508 e. The standard InChI is InChI=1S/C19H16N2O3/c1-20-17(10-13-4-7-16(24-3)8-5-13)18(21-2)12-14-11-15(22)6-9-19(14)23/h4-9,11,22-23H,10,12H2,3H3. The third kappa shape index (κ3) is 4.06. The summed E-state index contributed by atoms with van der Waals surface area (Å²) in [7, 11) is 1.58. The number of hydrogen-bond acceptors (Lipinski definition) is 3. The quantitative estimate of drug-likeness (QED) is 0.648. The van der Waals surface area contributed by atoms with E-state index in [0.717, 1.165) is 11.3 Å². The summed E-state index contributed by atoms with van der Waals surface area (Å²) in [5, 5.41) is 19.4. The molecule has 0 unspecified atom stereocenters. The van der Waals surface area contributed by atoms with Crippen LogP contribution in [-0.4, -0.2) is 17.3 Å². The average Bonchev–Trinajstić information content (AvgIpc) is 2.61. The van der Waals surface area contributed by atoms with Gasteiger partial charge in [0, 0.05) is 0 Å². The van der Waals surface area contributed by atoms with Crippen molar-refractivity contribution in [1.82, 2.24) is 0 Å². The topological polar surface area (TPSA) is 58.4 Å². The SMILES string of the molecule is [C-]#[N+]C(Cc1ccc(OC)cc1)=C(Cc1cc(O)ccc1O)[N+]#[C-]. The van der Waals surface area contributed by atoms with Crippen LogP contribution in [0.2, 0.25) is 0 Å². The van der Waals surface area contributed by atoms with Crippen LogP contribution < -0.4 is 4.74 Å². The molecule has 0 bridgehead atoms. The molecule has 2 aromatic rings. The Bertz CT molecular complexity index is 840. The Morgan fingerprint density at radius 1 is 0.958 bits per heavy atom. The van der Waals surface area contributed by atoms with Crippen LogP contribution in [0.15, 0.2) is 53.9 Å². The number of rotatable bonds is 5. The monoisotopic (exact) mass is 320 g/mol. The lowest BCUT2D eigenvalue weighted by atomic mass is 10.0. The summed E-state index contributed by atoms with van der Waals surface area (Å²) >= 11 is 0. The maximum absolute atomic E-state index is 9.85. The Morgan fingerprint density at radius 3 is 2.17 bits per heavy atom. The number of allylic oxidation sites excluding steroid dienone is 2. The molecule has 0 atom stereocenters. The maximum Gasteiger partial charge on any atom is 0.173 e. The minimum absolute atomic E-state index is 0.00615. The van der Waals surface area contributed by atoms with Crippen molar-refractivity contribution in [3.05, 3.63) is 87.8 Å². The van der Waals surface area contributed by atoms with Crippen LogP contribution >= 0.6 is 0 Å². The molecular weight excluding hydrogens is 304 g/mol. The first-order valence-electron chi connectivity index (χ1n) is 7.18. The van der Waals surface area contributed by atoms with Gasteiger partial charge in [0.15, 0.2) is 11.4 Å². The number of phenols is 2. The third-order valence-electron chi connectivity index (χ3n) is 3.55. The molecular formula is C19H16N2O3. The van der Waals surface area contributed by atoms with Crippen LogP contribution in [0.5, 0.6) is 17.2 Å². The fourth-order valence-electron chi connectivity index (χ4n) is 2.24. The average molecular weight is 320 g/mol. The van der Waals surface area contributed by atoms with Crippen molar-refractivity contribution in [3.63, 3.8) is 0 Å². The van der Waals surface area contributed by atoms with Gasteiger partial charge in [-0.2, -0.15) is 0 Å². The van der Waals surface area contributed by atoms with Crippen molar-refractivity contribution in [2.75, 3.05) is 7.11 Å². The Morgan fingerprint density at radius 2 is 1.58 bits per heavy atom. The van der Waals surface area contributed by atoms with Crippen molar-refractivity contribution < 1.29 is 14.9 Å². The van der Waals surface area contributed by atoms with E-state index >= 15 is 0 Å². The lowest BCUT2D eigenvalue weighted by Gasteiger charge is -2.07. The van der Waals surface area contributed by atoms with Gasteiger partial charge in [-0.05, 0) is 48.7 Å². The van der Waals surface area contributed by atoms with E-state index in [2.05, 4.69) is 9.69 Å². The Labute approximate surface area is 140 Å². The maximum atomic E-state index is 9.85. The number of nitrogens with zero attached hydrogens (tertiary/aromatic N) is 2. The Hall–Kier alpha value is -3.44. The number of aromatic hydroxyl groups is 2. The molecule has 2 aromatic carbocycles. The summed E-state index contributed by atoms with van der Waals surface area (Å²) in [5.74, 6) is 0.719. The van der Waals surface area contributed by atoms with Crippen molar-refractivity contribution >= 4 is 0 Å². The van der Waals surface area contributed by atoms with E-state index in [0.29, 0.717) is 17.7 Å². The molecule has 0 heterocycles. The molecule has 0 spiro atoms. The number of hydrogen-bond donors (Lipinski definition) is 2. The second-order valence-electron chi connectivity index (χ2n) is 5.13. The van der Waals surface area contributed by atoms with Crippen molar-refractivity contribution in [1.29, 1.82) is 0 Å². The number of ether oxygens (including phenoxy) is 1. The van der Waals surface area contributed by atoms with Gasteiger partial charge in [0.05, 0.1) is 20.3 Å². The predicted molar refractivity (Wildman–Crippen MR) is 90.4 cm³/mol. The van der Waals surface area contributed by atoms with E-state index in [1.807, 2.05) is 12.1 Å². The van der Waals surface area contributed by atoms with E-state index in [1.165, 1.54) is 18.2 Å². The molecule has 0 radical (unpaired) electrons. The highest BCUT2D eigenvalue weighted by molar-refractivity contribution is 5.44. The molecule has 0 aromatic heterocycles. The molecule has 0 fully saturated rings. The highest BCUT2D eigenvalue weighted by Crippen LogP contribution is 2.27. The van der Waals surface area contributed by atoms with Crippen LogP contribution in [0.3, 0.4) is 0 Å². The molecule has 24 heavy (non-hydrogen) atoms. The third-order valence-corrected chi connectivity index (χ3v) is 3.55. The van der Waals surface area contributed by atoms with Crippen molar-refractivity contribution in [2.45, 2.75) is 12.8 Å². The number of benzene rings is 2. The van der Waals surface area contributed by atoms with Crippen molar-refractivity contribution in [2.24, 2.45) is 0 Å². The van der Waals surface area contributed by atoms with Gasteiger partial charge in [0.2, 0.25) is 0 Å². The molecule has 2 rings (SSSR count). The summed E-state index contributed by atoms with van der Waals surface area (Å²) < 4.78 is 5.10. The second-order valence-corrected chi connectivity index (χ2v) is 5.13. The molecule has 2 N–H and O–H groups in total. The molecule has 120 valence electrons. The number of phenolic OH excluding ortho intramolecular Hbond substituents is 2. The highest BCUT2D eigenvalue weighted by Gasteiger charge is 2.13. The summed E-state index contributed by atoms with van der Waals surface area (Å²) in [6.07, 6.45) is 0.419. The van der Waals surface area contributed by atoms with Gasteiger partial charge in [-0.1, -0.05) is 17.7 Å². The minimum atomic E-state index is -0.0114. The Kier molecular flexibility index (Phi) is 5.44. The fourth-order valence-corrected chi connectivity index (χ4v) is 2.24. The number of methoxy groups -OCH3 is 1. The van der Waals surface area contributed by atoms with Crippen LogP contribution in [0.4, 0.5) is 0 Å². The van der Waals surface area contributed by atoms with Gasteiger partial charge in [0.25, 0.3) is 0 Å². The molecule has 0 saturated carbocycles. The van der Waals surface area contributed by atoms with Gasteiger partial charge < -0.3 is 14.9 Å². The van der Waals surface area contributed by atoms with Gasteiger partial charge in [-0.3, -0.25) is 9.69 Å². The van der Waals surface area contributed by atoms with Gasteiger partial charge in [0.1, 0.15) is 17.2 Å². The van der Waals surface area contributed by atoms with E-state index in [1.54, 1.807) is 19.2 Å². The first kappa shape index (κ1) is 16.9. The van der Waals surface area contributed by atoms with Gasteiger partial charge in [-0.25, -0.2) is 0 Å². The van der Waals surface area contributed by atoms with Crippen molar-refractivity contribution in [3.8, 4) is 17.2 Å². The zero-order valence-corrected chi connectivity index (χ0v) is 13.2. The minimum Gasteiger partial charge on any atom is -0.508 e. The van der Waals surface area contributed by atoms with Gasteiger partial charge >= 0.3 is 0 Å². The molecule has 5 nitrogen and oxygen atoms in total. The first-order valence-corrected chi connectivity index (χ1v) is 7.18. The zero-order valence-electron chi connectivity index (χ0n) is 13.2. The van der Waals surface area contributed by atoms with E-state index in [-0.39, 0.29) is 23.6 Å². The second kappa shape index (κ2) is 7.71. The van der Waals surface area contributed by atoms with E-state index in [9.17, 15) is 10.2 Å². The molecule has 0 amide bonds. The lowest BCUT2D eigenvalue weighted by molar-refractivity contribution is 0.414. The predicted octanol–water partition coefficient (Wildman–Crippen LogP) is 3.94. The Balaban J connectivity index is 2.30. The lowest BCUT2D eigenvalue weighted by Crippen LogP contribution is -1.95. The summed E-state index contributed by atoms with van der Waals surface area (Å²) in [6.45, 7) is 14.7. The van der Waals surface area contributed by atoms with E-state index in [4.69, 9.17) is 17.9 Å². The molecule has 5 heteroatoms. The first-order chi connectivity index (χ1) is 11.6. The molecule has 0 aliphatic rings. The van der Waals surface area contributed by atoms with E-state index < -0.39 is 0 Å². The molecule has 0 saturated heterocycles. The van der Waals surface area contributed by atoms with Gasteiger partial charge in [-0.15, -0.1) is 0 Å². The van der Waals surface area contributed by atoms with Crippen LogP contribution in [-0.2, 0) is 12.8 Å². The normalized spacial score (nSPS) is 11.1. The smallest absolute Gasteiger partial charge is 0.173 e. The fraction of sp³-hybridized carbons (Fsp3) is 0.158. The van der Waals surface area contributed by atoms with Crippen LogP contribution in [0, 0.1) is 13.1 Å². The summed E-state index contributed by atoms with van der Waals surface area (Å²) in [5.41, 5.74) is 1.87. The molecule has 0 aliphatic heterocycles. The highest BCUT2D eigenvalue weighted by atomic mass is 16.5. The molecule has 0 aliphatic carbocycles. The van der Waals surface area contributed by atoms with Crippen LogP contribution in [0.1, 0.15) is 11.1 Å². The van der Waals surface area contributed by atoms with Crippen LogP contribution in [0.25, 0.3) is 9.69 Å². The summed E-state index contributed by atoms with van der Waals surface area (Å²) in [6, 6.07) is 11.4. The zero-order chi connectivity index (χ0) is 17.5. The summed E-state index contributed by atoms with van der Waals surface area (Å²) in [4.78, 5) is 6.94.